The zero-order chi connectivity index (χ0) is 13.1. The molecule has 0 radical (unpaired) electrons. The van der Waals surface area contributed by atoms with Crippen molar-refractivity contribution in [3.63, 3.8) is 0 Å². The smallest absolute Gasteiger partial charge is 0.228 e. The molecule has 2 aromatic heterocycles. The van der Waals surface area contributed by atoms with Crippen LogP contribution < -0.4 is 10.6 Å². The van der Waals surface area contributed by atoms with Crippen LogP contribution in [0.25, 0.3) is 0 Å². The first-order chi connectivity index (χ1) is 9.31. The summed E-state index contributed by atoms with van der Waals surface area (Å²) >= 11 is 0. The lowest BCUT2D eigenvalue weighted by Crippen LogP contribution is -2.11. The highest BCUT2D eigenvalue weighted by Crippen LogP contribution is 2.21. The fourth-order valence-electron chi connectivity index (χ4n) is 2.19. The Morgan fingerprint density at radius 1 is 1.26 bits per heavy atom. The van der Waals surface area contributed by atoms with E-state index in [-0.39, 0.29) is 0 Å². The Kier molecular flexibility index (Phi) is 3.33. The van der Waals surface area contributed by atoms with Gasteiger partial charge >= 0.3 is 0 Å². The lowest BCUT2D eigenvalue weighted by molar-refractivity contribution is 0.698. The minimum atomic E-state index is 0.400. The van der Waals surface area contributed by atoms with Gasteiger partial charge in [-0.05, 0) is 26.0 Å². The molecular weight excluding hydrogens is 240 g/mol. The van der Waals surface area contributed by atoms with Gasteiger partial charge in [0.05, 0.1) is 0 Å². The maximum atomic E-state index is 4.57. The third kappa shape index (κ3) is 2.85. The fourth-order valence-corrected chi connectivity index (χ4v) is 2.19. The molecule has 0 saturated carbocycles. The minimum Gasteiger partial charge on any atom is -0.316 e. The molecule has 2 N–H and O–H groups in total. The van der Waals surface area contributed by atoms with Crippen molar-refractivity contribution in [2.75, 3.05) is 18.4 Å². The summed E-state index contributed by atoms with van der Waals surface area (Å²) in [7, 11) is 0. The molecule has 3 heterocycles. The predicted molar refractivity (Wildman–Crippen MR) is 72.3 cm³/mol. The van der Waals surface area contributed by atoms with Crippen LogP contribution in [0.4, 0.5) is 11.8 Å². The summed E-state index contributed by atoms with van der Waals surface area (Å²) in [6, 6.07) is 3.69. The van der Waals surface area contributed by atoms with E-state index in [4.69, 9.17) is 0 Å². The minimum absolute atomic E-state index is 0.400. The highest BCUT2D eigenvalue weighted by atomic mass is 15.1. The van der Waals surface area contributed by atoms with Gasteiger partial charge in [-0.15, -0.1) is 0 Å². The zero-order valence-corrected chi connectivity index (χ0v) is 10.8. The Hall–Kier alpha value is -2.08. The molecule has 0 amide bonds. The second kappa shape index (κ2) is 5.27. The van der Waals surface area contributed by atoms with Gasteiger partial charge in [0.15, 0.2) is 0 Å². The highest BCUT2D eigenvalue weighted by Gasteiger charge is 2.20. The zero-order valence-electron chi connectivity index (χ0n) is 10.8. The molecule has 0 aliphatic carbocycles. The van der Waals surface area contributed by atoms with E-state index in [1.54, 1.807) is 18.5 Å². The SMILES string of the molecule is Cc1cc(Nc2ncccn2)nc([C@H]2CCNC2)n1. The molecule has 1 fully saturated rings. The van der Waals surface area contributed by atoms with Crippen LogP contribution in [0.1, 0.15) is 23.9 Å². The summed E-state index contributed by atoms with van der Waals surface area (Å²) in [6.45, 7) is 3.96. The number of anilines is 2. The molecule has 19 heavy (non-hydrogen) atoms. The summed E-state index contributed by atoms with van der Waals surface area (Å²) in [5.41, 5.74) is 0.954. The molecule has 1 aliphatic rings. The van der Waals surface area contributed by atoms with E-state index >= 15 is 0 Å². The van der Waals surface area contributed by atoms with E-state index < -0.39 is 0 Å². The number of nitrogens with zero attached hydrogens (tertiary/aromatic N) is 4. The molecule has 1 aliphatic heterocycles. The van der Waals surface area contributed by atoms with Gasteiger partial charge in [-0.1, -0.05) is 0 Å². The molecule has 1 atom stereocenters. The number of hydrogen-bond donors (Lipinski definition) is 2. The quantitative estimate of drug-likeness (QED) is 0.864. The molecule has 0 bridgehead atoms. The predicted octanol–water partition coefficient (Wildman–Crippen LogP) is 1.40. The molecule has 3 rings (SSSR count). The molecular formula is C13H16N6. The first kappa shape index (κ1) is 12.0. The molecule has 98 valence electrons. The van der Waals surface area contributed by atoms with Gasteiger partial charge < -0.3 is 10.6 Å². The van der Waals surface area contributed by atoms with E-state index in [0.717, 1.165) is 36.8 Å². The largest absolute Gasteiger partial charge is 0.316 e. The van der Waals surface area contributed by atoms with Gasteiger partial charge in [-0.25, -0.2) is 19.9 Å². The Balaban J connectivity index is 1.85. The lowest BCUT2D eigenvalue weighted by Gasteiger charge is -2.10. The third-order valence-corrected chi connectivity index (χ3v) is 3.10. The standard InChI is InChI=1S/C13H16N6/c1-9-7-11(19-13-15-4-2-5-16-13)18-12(17-9)10-3-6-14-8-10/h2,4-5,7,10,14H,3,6,8H2,1H3,(H,15,16,17,18,19)/t10-/m0/s1. The van der Waals surface area contributed by atoms with Crippen LogP contribution in [0.2, 0.25) is 0 Å². The first-order valence-electron chi connectivity index (χ1n) is 6.41. The average molecular weight is 256 g/mol. The average Bonchev–Trinajstić information content (AvgIpc) is 2.93. The van der Waals surface area contributed by atoms with Crippen molar-refractivity contribution in [1.82, 2.24) is 25.3 Å². The topological polar surface area (TPSA) is 75.6 Å². The molecule has 0 spiro atoms. The van der Waals surface area contributed by atoms with Crippen molar-refractivity contribution in [1.29, 1.82) is 0 Å². The van der Waals surface area contributed by atoms with Crippen LogP contribution in [0.15, 0.2) is 24.5 Å². The van der Waals surface area contributed by atoms with Crippen molar-refractivity contribution in [2.24, 2.45) is 0 Å². The van der Waals surface area contributed by atoms with Gasteiger partial charge in [-0.3, -0.25) is 0 Å². The summed E-state index contributed by atoms with van der Waals surface area (Å²) < 4.78 is 0. The van der Waals surface area contributed by atoms with E-state index in [2.05, 4.69) is 30.6 Å². The molecule has 1 saturated heterocycles. The Morgan fingerprint density at radius 2 is 2.11 bits per heavy atom. The molecule has 6 heteroatoms. The summed E-state index contributed by atoms with van der Waals surface area (Å²) in [5, 5.41) is 6.45. The maximum absolute atomic E-state index is 4.57. The van der Waals surface area contributed by atoms with Crippen LogP contribution in [-0.4, -0.2) is 33.0 Å². The van der Waals surface area contributed by atoms with Crippen molar-refractivity contribution >= 4 is 11.8 Å². The van der Waals surface area contributed by atoms with Gasteiger partial charge in [0.2, 0.25) is 5.95 Å². The number of rotatable bonds is 3. The highest BCUT2D eigenvalue weighted by molar-refractivity contribution is 5.47. The number of aromatic nitrogens is 4. The number of hydrogen-bond acceptors (Lipinski definition) is 6. The van der Waals surface area contributed by atoms with Crippen molar-refractivity contribution < 1.29 is 0 Å². The van der Waals surface area contributed by atoms with Crippen molar-refractivity contribution in [3.05, 3.63) is 36.0 Å². The molecule has 2 aromatic rings. The van der Waals surface area contributed by atoms with Gasteiger partial charge in [-0.2, -0.15) is 0 Å². The number of aryl methyl sites for hydroxylation is 1. The molecule has 6 nitrogen and oxygen atoms in total. The van der Waals surface area contributed by atoms with Crippen molar-refractivity contribution in [3.8, 4) is 0 Å². The van der Waals surface area contributed by atoms with Crippen LogP contribution in [0.3, 0.4) is 0 Å². The summed E-state index contributed by atoms with van der Waals surface area (Å²) in [4.78, 5) is 17.4. The van der Waals surface area contributed by atoms with E-state index in [1.165, 1.54) is 0 Å². The summed E-state index contributed by atoms with van der Waals surface area (Å²) in [6.07, 6.45) is 4.49. The van der Waals surface area contributed by atoms with Crippen LogP contribution in [0, 0.1) is 6.92 Å². The van der Waals surface area contributed by atoms with Crippen LogP contribution in [0.5, 0.6) is 0 Å². The molecule has 0 unspecified atom stereocenters. The Bertz CT molecular complexity index is 550. The van der Waals surface area contributed by atoms with Crippen LogP contribution in [-0.2, 0) is 0 Å². The van der Waals surface area contributed by atoms with Gasteiger partial charge in [0.25, 0.3) is 0 Å². The maximum Gasteiger partial charge on any atom is 0.228 e. The van der Waals surface area contributed by atoms with Crippen molar-refractivity contribution in [2.45, 2.75) is 19.3 Å². The second-order valence-electron chi connectivity index (χ2n) is 4.64. The molecule has 0 aromatic carbocycles. The van der Waals surface area contributed by atoms with Gasteiger partial charge in [0.1, 0.15) is 11.6 Å². The fraction of sp³-hybridized carbons (Fsp3) is 0.385. The monoisotopic (exact) mass is 256 g/mol. The Morgan fingerprint density at radius 3 is 2.84 bits per heavy atom. The van der Waals surface area contributed by atoms with Gasteiger partial charge in [0, 0.05) is 36.6 Å². The second-order valence-corrected chi connectivity index (χ2v) is 4.64. The van der Waals surface area contributed by atoms with E-state index in [0.29, 0.717) is 11.9 Å². The normalized spacial score (nSPS) is 18.5. The van der Waals surface area contributed by atoms with E-state index in [1.807, 2.05) is 13.0 Å². The first-order valence-corrected chi connectivity index (χ1v) is 6.41. The Labute approximate surface area is 111 Å². The van der Waals surface area contributed by atoms with Crippen LogP contribution >= 0.6 is 0 Å². The summed E-state index contributed by atoms with van der Waals surface area (Å²) in [5.74, 6) is 2.59. The lowest BCUT2D eigenvalue weighted by atomic mass is 10.1. The third-order valence-electron chi connectivity index (χ3n) is 3.10. The van der Waals surface area contributed by atoms with E-state index in [9.17, 15) is 0 Å². The number of nitrogens with one attached hydrogen (secondary N) is 2.